The zero-order chi connectivity index (χ0) is 29.5. The van der Waals surface area contributed by atoms with Crippen LogP contribution in [0.5, 0.6) is 0 Å². The number of nitrogens with zero attached hydrogens (tertiary/aromatic N) is 3. The molecule has 3 aromatic rings. The molecule has 2 aliphatic rings. The topological polar surface area (TPSA) is 140 Å². The van der Waals surface area contributed by atoms with Gasteiger partial charge in [-0.3, -0.25) is 14.4 Å². The van der Waals surface area contributed by atoms with Crippen molar-refractivity contribution in [2.24, 2.45) is 5.41 Å². The summed E-state index contributed by atoms with van der Waals surface area (Å²) in [6.07, 6.45) is 0.593. The average Bonchev–Trinajstić information content (AvgIpc) is 3.68. The lowest BCUT2D eigenvalue weighted by molar-refractivity contribution is -0.142. The Morgan fingerprint density at radius 1 is 1.05 bits per heavy atom. The molecular formula is C29H31N5O5S2. The van der Waals surface area contributed by atoms with E-state index in [-0.39, 0.29) is 40.3 Å². The van der Waals surface area contributed by atoms with E-state index in [1.165, 1.54) is 35.6 Å². The van der Waals surface area contributed by atoms with Gasteiger partial charge < -0.3 is 15.1 Å². The average molecular weight is 594 g/mol. The Morgan fingerprint density at radius 2 is 1.76 bits per heavy atom. The van der Waals surface area contributed by atoms with E-state index >= 15 is 0 Å². The van der Waals surface area contributed by atoms with Crippen molar-refractivity contribution in [2.45, 2.75) is 50.2 Å². The van der Waals surface area contributed by atoms with E-state index in [2.05, 4.69) is 10.0 Å². The molecule has 0 saturated carbocycles. The Labute approximate surface area is 243 Å². The molecule has 1 unspecified atom stereocenters. The normalized spacial score (nSPS) is 19.3. The van der Waals surface area contributed by atoms with Gasteiger partial charge in [0.25, 0.3) is 5.91 Å². The zero-order valence-corrected chi connectivity index (χ0v) is 24.6. The molecule has 2 saturated heterocycles. The minimum atomic E-state index is -3.98. The van der Waals surface area contributed by atoms with Crippen LogP contribution in [0.2, 0.25) is 0 Å². The molecule has 1 aromatic heterocycles. The molecule has 3 amide bonds. The van der Waals surface area contributed by atoms with E-state index in [1.54, 1.807) is 9.80 Å². The van der Waals surface area contributed by atoms with Gasteiger partial charge in [-0.1, -0.05) is 45.0 Å². The maximum Gasteiger partial charge on any atom is 0.262 e. The standard InChI is InChI=1S/C29H31N5O5S2/c1-29(2,3)26(32-27(36)24-12-19-8-4-5-10-23(19)40-24)28(37)34-17-20-13-21(34)16-33(20)25(35)15-31-41(38,39)22-9-6-7-18(11-22)14-30/h4-12,20-21,26,31H,13,15-17H2,1-3H3,(H,32,36)/t20-,21-,26?/m0/s1. The number of thiophene rings is 1. The molecule has 2 bridgehead atoms. The molecule has 2 fully saturated rings. The van der Waals surface area contributed by atoms with E-state index in [9.17, 15) is 22.8 Å². The molecule has 2 N–H and O–H groups in total. The maximum atomic E-state index is 13.8. The minimum absolute atomic E-state index is 0.0880. The first kappa shape index (κ1) is 28.7. The van der Waals surface area contributed by atoms with Gasteiger partial charge in [-0.2, -0.15) is 5.26 Å². The van der Waals surface area contributed by atoms with E-state index in [0.717, 1.165) is 10.1 Å². The molecule has 2 aromatic carbocycles. The van der Waals surface area contributed by atoms with Crippen LogP contribution < -0.4 is 10.0 Å². The second-order valence-corrected chi connectivity index (χ2v) is 14.3. The second kappa shape index (κ2) is 10.9. The van der Waals surface area contributed by atoms with Crippen LogP contribution >= 0.6 is 11.3 Å². The molecule has 0 spiro atoms. The molecule has 0 radical (unpaired) electrons. The summed E-state index contributed by atoms with van der Waals surface area (Å²) in [4.78, 5) is 43.7. The monoisotopic (exact) mass is 593 g/mol. The highest BCUT2D eigenvalue weighted by atomic mass is 32.2. The third-order valence-corrected chi connectivity index (χ3v) is 10.1. The number of likely N-dealkylation sites (tertiary alicyclic amines) is 2. The Hall–Kier alpha value is -3.79. The SMILES string of the molecule is CC(C)(C)C(NC(=O)c1cc2ccccc2s1)C(=O)N1C[C@@H]2C[C@H]1CN2C(=O)CNS(=O)(=O)c1cccc(C#N)c1. The maximum absolute atomic E-state index is 13.8. The van der Waals surface area contributed by atoms with Gasteiger partial charge in [-0.15, -0.1) is 11.3 Å². The van der Waals surface area contributed by atoms with Gasteiger partial charge in [0.2, 0.25) is 21.8 Å². The number of rotatable bonds is 7. The van der Waals surface area contributed by atoms with E-state index < -0.39 is 28.0 Å². The van der Waals surface area contributed by atoms with E-state index in [1.807, 2.05) is 57.2 Å². The first-order chi connectivity index (χ1) is 19.4. The number of fused-ring (bicyclic) bond motifs is 3. The first-order valence-electron chi connectivity index (χ1n) is 13.3. The molecule has 10 nitrogen and oxygen atoms in total. The minimum Gasteiger partial charge on any atom is -0.339 e. The van der Waals surface area contributed by atoms with Gasteiger partial charge in [0, 0.05) is 17.8 Å². The van der Waals surface area contributed by atoms with Crippen LogP contribution in [-0.4, -0.2) is 73.7 Å². The molecule has 0 aliphatic carbocycles. The van der Waals surface area contributed by atoms with Crippen molar-refractivity contribution in [1.82, 2.24) is 19.8 Å². The summed E-state index contributed by atoms with van der Waals surface area (Å²) in [5, 5.41) is 13.0. The molecular weight excluding hydrogens is 562 g/mol. The smallest absolute Gasteiger partial charge is 0.262 e. The Balaban J connectivity index is 1.22. The fourth-order valence-electron chi connectivity index (χ4n) is 5.43. The lowest BCUT2D eigenvalue weighted by Gasteiger charge is -2.39. The third-order valence-electron chi connectivity index (χ3n) is 7.57. The van der Waals surface area contributed by atoms with Gasteiger partial charge in [-0.05, 0) is 47.6 Å². The predicted octanol–water partition coefficient (Wildman–Crippen LogP) is 2.71. The summed E-state index contributed by atoms with van der Waals surface area (Å²) in [7, 11) is -3.98. The molecule has 2 aliphatic heterocycles. The fourth-order valence-corrected chi connectivity index (χ4v) is 7.41. The van der Waals surface area contributed by atoms with Crippen LogP contribution in [0.4, 0.5) is 0 Å². The number of piperazine rings is 1. The van der Waals surface area contributed by atoms with Crippen molar-refractivity contribution >= 4 is 49.2 Å². The van der Waals surface area contributed by atoms with E-state index in [4.69, 9.17) is 5.26 Å². The lowest BCUT2D eigenvalue weighted by Crippen LogP contribution is -2.59. The predicted molar refractivity (Wildman–Crippen MR) is 154 cm³/mol. The summed E-state index contributed by atoms with van der Waals surface area (Å²) in [6.45, 7) is 5.90. The highest BCUT2D eigenvalue weighted by Gasteiger charge is 2.49. The summed E-state index contributed by atoms with van der Waals surface area (Å²) in [6, 6.07) is 15.8. The summed E-state index contributed by atoms with van der Waals surface area (Å²) < 4.78 is 28.6. The van der Waals surface area contributed by atoms with Crippen LogP contribution in [0.1, 0.15) is 42.4 Å². The van der Waals surface area contributed by atoms with Crippen LogP contribution in [-0.2, 0) is 19.6 Å². The number of sulfonamides is 1. The molecule has 12 heteroatoms. The number of amides is 3. The highest BCUT2D eigenvalue weighted by Crippen LogP contribution is 2.34. The number of nitriles is 1. The van der Waals surface area contributed by atoms with Gasteiger partial charge in [0.1, 0.15) is 6.04 Å². The van der Waals surface area contributed by atoms with Crippen LogP contribution in [0.3, 0.4) is 0 Å². The number of benzene rings is 2. The first-order valence-corrected chi connectivity index (χ1v) is 15.6. The fraction of sp³-hybridized carbons (Fsp3) is 0.379. The van der Waals surface area contributed by atoms with Crippen LogP contribution in [0.25, 0.3) is 10.1 Å². The van der Waals surface area contributed by atoms with Crippen molar-refractivity contribution in [3.05, 3.63) is 65.0 Å². The molecule has 41 heavy (non-hydrogen) atoms. The number of hydrogen-bond donors (Lipinski definition) is 2. The zero-order valence-electron chi connectivity index (χ0n) is 23.0. The quantitative estimate of drug-likeness (QED) is 0.432. The van der Waals surface area contributed by atoms with Gasteiger partial charge in [-0.25, -0.2) is 13.1 Å². The molecule has 5 rings (SSSR count). The highest BCUT2D eigenvalue weighted by molar-refractivity contribution is 7.89. The summed E-state index contributed by atoms with van der Waals surface area (Å²) in [5.41, 5.74) is -0.351. The molecule has 3 atom stereocenters. The number of nitrogens with one attached hydrogen (secondary N) is 2. The number of hydrogen-bond acceptors (Lipinski definition) is 7. The molecule has 3 heterocycles. The Bertz CT molecular complexity index is 1640. The van der Waals surface area contributed by atoms with E-state index in [0.29, 0.717) is 24.4 Å². The lowest BCUT2D eigenvalue weighted by atomic mass is 9.85. The van der Waals surface area contributed by atoms with Gasteiger partial charge in [0.15, 0.2) is 0 Å². The number of carbonyl (C=O) groups is 3. The second-order valence-electron chi connectivity index (χ2n) is 11.5. The summed E-state index contributed by atoms with van der Waals surface area (Å²) in [5.74, 6) is -0.868. The van der Waals surface area contributed by atoms with Crippen LogP contribution in [0, 0.1) is 16.7 Å². The van der Waals surface area contributed by atoms with Crippen LogP contribution in [0.15, 0.2) is 59.5 Å². The number of carbonyl (C=O) groups excluding carboxylic acids is 3. The largest absolute Gasteiger partial charge is 0.339 e. The van der Waals surface area contributed by atoms with Crippen molar-refractivity contribution in [2.75, 3.05) is 19.6 Å². The Morgan fingerprint density at radius 3 is 2.41 bits per heavy atom. The van der Waals surface area contributed by atoms with Crippen molar-refractivity contribution in [3.8, 4) is 6.07 Å². The van der Waals surface area contributed by atoms with Gasteiger partial charge >= 0.3 is 0 Å². The third kappa shape index (κ3) is 5.84. The van der Waals surface area contributed by atoms with Crippen molar-refractivity contribution < 1.29 is 22.8 Å². The summed E-state index contributed by atoms with van der Waals surface area (Å²) >= 11 is 1.38. The van der Waals surface area contributed by atoms with Crippen molar-refractivity contribution in [3.63, 3.8) is 0 Å². The molecule has 214 valence electrons. The van der Waals surface area contributed by atoms with Crippen molar-refractivity contribution in [1.29, 1.82) is 5.26 Å². The van der Waals surface area contributed by atoms with Gasteiger partial charge in [0.05, 0.1) is 40.0 Å². The Kier molecular flexibility index (Phi) is 7.63.